The van der Waals surface area contributed by atoms with E-state index in [0.29, 0.717) is 10.1 Å². The fraction of sp³-hybridized carbons (Fsp3) is 0. The number of hydrogen-bond donors (Lipinski definition) is 2. The number of carbonyl (C=O) groups is 1. The van der Waals surface area contributed by atoms with Gasteiger partial charge in [-0.25, -0.2) is 9.63 Å². The number of fused-ring (bicyclic) bond motifs is 1. The van der Waals surface area contributed by atoms with Crippen LogP contribution in [-0.4, -0.2) is 24.2 Å². The number of sulfonamides is 1. The Morgan fingerprint density at radius 1 is 1.14 bits per heavy atom. The highest BCUT2D eigenvalue weighted by molar-refractivity contribution is 7.92. The number of rotatable bonds is 4. The summed E-state index contributed by atoms with van der Waals surface area (Å²) in [6, 6.07) is 10.0. The molecule has 0 bridgehead atoms. The summed E-state index contributed by atoms with van der Waals surface area (Å²) in [5.41, 5.74) is 0. The summed E-state index contributed by atoms with van der Waals surface area (Å²) in [4.78, 5) is 13.3. The van der Waals surface area contributed by atoms with Gasteiger partial charge in [0.1, 0.15) is 9.77 Å². The van der Waals surface area contributed by atoms with E-state index in [0.717, 1.165) is 11.3 Å². The fourth-order valence-corrected chi connectivity index (χ4v) is 4.75. The minimum Gasteiger partial charge on any atom is -0.477 e. The molecule has 0 radical (unpaired) electrons. The van der Waals surface area contributed by atoms with Crippen molar-refractivity contribution in [1.82, 2.24) is 4.68 Å². The topological polar surface area (TPSA) is 88.4 Å². The molecule has 3 aromatic rings. The quantitative estimate of drug-likeness (QED) is 0.771. The van der Waals surface area contributed by atoms with Gasteiger partial charge in [0.05, 0.1) is 0 Å². The van der Waals surface area contributed by atoms with E-state index in [2.05, 4.69) is 4.83 Å². The van der Waals surface area contributed by atoms with Crippen molar-refractivity contribution in [3.05, 3.63) is 53.7 Å². The van der Waals surface area contributed by atoms with Crippen LogP contribution in [0, 0.1) is 0 Å². The van der Waals surface area contributed by atoms with Crippen molar-refractivity contribution in [2.75, 3.05) is 4.83 Å². The summed E-state index contributed by atoms with van der Waals surface area (Å²) in [5, 5.41) is 9.67. The highest BCUT2D eigenvalue weighted by atomic mass is 32.2. The average Bonchev–Trinajstić information content (AvgIpc) is 3.04. The van der Waals surface area contributed by atoms with Crippen LogP contribution < -0.4 is 4.83 Å². The van der Waals surface area contributed by atoms with Crippen LogP contribution >= 0.6 is 11.3 Å². The predicted molar refractivity (Wildman–Crippen MR) is 79.8 cm³/mol. The maximum absolute atomic E-state index is 12.5. The molecule has 0 aliphatic heterocycles. The Morgan fingerprint density at radius 3 is 2.48 bits per heavy atom. The normalized spacial score (nSPS) is 11.6. The molecule has 0 saturated heterocycles. The molecule has 3 rings (SSSR count). The van der Waals surface area contributed by atoms with Gasteiger partial charge in [0.2, 0.25) is 0 Å². The molecule has 2 N–H and O–H groups in total. The van der Waals surface area contributed by atoms with Crippen molar-refractivity contribution in [1.29, 1.82) is 0 Å². The first-order valence-electron chi connectivity index (χ1n) is 5.89. The highest BCUT2D eigenvalue weighted by Crippen LogP contribution is 2.34. The summed E-state index contributed by atoms with van der Waals surface area (Å²) in [6.07, 6.45) is 3.04. The average molecular weight is 322 g/mol. The highest BCUT2D eigenvalue weighted by Gasteiger charge is 2.28. The van der Waals surface area contributed by atoms with Crippen molar-refractivity contribution < 1.29 is 18.3 Å². The van der Waals surface area contributed by atoms with Crippen LogP contribution in [0.2, 0.25) is 0 Å². The maximum atomic E-state index is 12.5. The Hall–Kier alpha value is -2.32. The van der Waals surface area contributed by atoms with Crippen LogP contribution in [0.25, 0.3) is 10.1 Å². The first-order valence-corrected chi connectivity index (χ1v) is 8.19. The molecule has 6 nitrogen and oxygen atoms in total. The molecule has 0 atom stereocenters. The Labute approximate surface area is 124 Å². The number of aromatic carboxylic acids is 1. The fourth-order valence-electron chi connectivity index (χ4n) is 2.01. The van der Waals surface area contributed by atoms with E-state index in [4.69, 9.17) is 0 Å². The Morgan fingerprint density at radius 2 is 1.81 bits per heavy atom. The lowest BCUT2D eigenvalue weighted by molar-refractivity contribution is 0.0698. The zero-order valence-corrected chi connectivity index (χ0v) is 12.2. The first kappa shape index (κ1) is 13.7. The van der Waals surface area contributed by atoms with Crippen LogP contribution in [-0.2, 0) is 10.0 Å². The number of nitrogens with one attached hydrogen (secondary N) is 1. The summed E-state index contributed by atoms with van der Waals surface area (Å²) < 4.78 is 26.9. The van der Waals surface area contributed by atoms with Crippen LogP contribution in [0.3, 0.4) is 0 Å². The SMILES string of the molecule is O=C(O)c1sc2ccccc2c1S(=O)(=O)Nn1cccc1. The summed E-state index contributed by atoms with van der Waals surface area (Å²) >= 11 is 0.944. The van der Waals surface area contributed by atoms with Gasteiger partial charge in [0.15, 0.2) is 0 Å². The van der Waals surface area contributed by atoms with Crippen LogP contribution in [0.4, 0.5) is 0 Å². The molecule has 0 amide bonds. The van der Waals surface area contributed by atoms with E-state index in [1.807, 2.05) is 0 Å². The van der Waals surface area contributed by atoms with E-state index in [9.17, 15) is 18.3 Å². The van der Waals surface area contributed by atoms with Crippen molar-refractivity contribution in [3.63, 3.8) is 0 Å². The number of benzene rings is 1. The molecule has 0 spiro atoms. The molecule has 0 saturated carbocycles. The molecule has 108 valence electrons. The molecule has 0 unspecified atom stereocenters. The first-order chi connectivity index (χ1) is 9.99. The van der Waals surface area contributed by atoms with Gasteiger partial charge >= 0.3 is 5.97 Å². The lowest BCUT2D eigenvalue weighted by Crippen LogP contribution is -2.23. The number of nitrogens with zero attached hydrogens (tertiary/aromatic N) is 1. The van der Waals surface area contributed by atoms with E-state index < -0.39 is 16.0 Å². The van der Waals surface area contributed by atoms with Crippen molar-refractivity contribution in [2.45, 2.75) is 4.90 Å². The second-order valence-electron chi connectivity index (χ2n) is 4.25. The van der Waals surface area contributed by atoms with Gasteiger partial charge in [-0.2, -0.15) is 8.42 Å². The number of hydrogen-bond acceptors (Lipinski definition) is 4. The van der Waals surface area contributed by atoms with Gasteiger partial charge in [-0.05, 0) is 18.2 Å². The van der Waals surface area contributed by atoms with Gasteiger partial charge in [0.25, 0.3) is 10.0 Å². The van der Waals surface area contributed by atoms with Crippen LogP contribution in [0.15, 0.2) is 53.7 Å². The van der Waals surface area contributed by atoms with E-state index in [1.54, 1.807) is 36.4 Å². The predicted octanol–water partition coefficient (Wildman–Crippen LogP) is 2.33. The van der Waals surface area contributed by atoms with E-state index in [-0.39, 0.29) is 9.77 Å². The summed E-state index contributed by atoms with van der Waals surface area (Å²) in [6.45, 7) is 0. The smallest absolute Gasteiger partial charge is 0.347 e. The minimum absolute atomic E-state index is 0.198. The Kier molecular flexibility index (Phi) is 3.19. The number of carboxylic acid groups (broad SMARTS) is 1. The molecule has 2 aromatic heterocycles. The lowest BCUT2D eigenvalue weighted by atomic mass is 10.2. The van der Waals surface area contributed by atoms with Crippen LogP contribution in [0.1, 0.15) is 9.67 Å². The molecule has 0 fully saturated rings. The number of aromatic nitrogens is 1. The third kappa shape index (κ3) is 2.39. The van der Waals surface area contributed by atoms with E-state index in [1.165, 1.54) is 17.1 Å². The monoisotopic (exact) mass is 322 g/mol. The van der Waals surface area contributed by atoms with Gasteiger partial charge < -0.3 is 5.11 Å². The standard InChI is InChI=1S/C13H10N2O4S2/c16-13(17)11-12(9-5-1-2-6-10(9)20-11)21(18,19)14-15-7-3-4-8-15/h1-8,14H,(H,16,17). The minimum atomic E-state index is -4.00. The number of carboxylic acids is 1. The Bertz CT molecular complexity index is 911. The largest absolute Gasteiger partial charge is 0.477 e. The second-order valence-corrected chi connectivity index (χ2v) is 6.90. The zero-order valence-electron chi connectivity index (χ0n) is 10.6. The summed E-state index contributed by atoms with van der Waals surface area (Å²) in [5.74, 6) is -1.26. The lowest BCUT2D eigenvalue weighted by Gasteiger charge is -2.09. The van der Waals surface area contributed by atoms with Gasteiger partial charge in [-0.15, -0.1) is 11.3 Å². The van der Waals surface area contributed by atoms with Crippen molar-refractivity contribution in [2.24, 2.45) is 0 Å². The Balaban J connectivity index is 2.22. The molecular weight excluding hydrogens is 312 g/mol. The van der Waals surface area contributed by atoms with E-state index >= 15 is 0 Å². The van der Waals surface area contributed by atoms with Gasteiger partial charge in [-0.1, -0.05) is 18.2 Å². The molecule has 0 aliphatic rings. The second kappa shape index (κ2) is 4.90. The van der Waals surface area contributed by atoms with Crippen LogP contribution in [0.5, 0.6) is 0 Å². The molecule has 1 aromatic carbocycles. The molecule has 8 heteroatoms. The van der Waals surface area contributed by atoms with Gasteiger partial charge in [-0.3, -0.25) is 4.68 Å². The summed E-state index contributed by atoms with van der Waals surface area (Å²) in [7, 11) is -4.00. The third-order valence-electron chi connectivity index (χ3n) is 2.84. The van der Waals surface area contributed by atoms with Gasteiger partial charge in [0, 0.05) is 22.5 Å². The molecule has 0 aliphatic carbocycles. The maximum Gasteiger partial charge on any atom is 0.347 e. The zero-order chi connectivity index (χ0) is 15.0. The number of thiophene rings is 1. The molecule has 21 heavy (non-hydrogen) atoms. The van der Waals surface area contributed by atoms with Crippen molar-refractivity contribution in [3.8, 4) is 0 Å². The third-order valence-corrected chi connectivity index (χ3v) is 5.54. The molecular formula is C13H10N2O4S2. The molecule has 2 heterocycles. The van der Waals surface area contributed by atoms with Crippen molar-refractivity contribution >= 4 is 37.4 Å².